The highest BCUT2D eigenvalue weighted by molar-refractivity contribution is 5.97. The van der Waals surface area contributed by atoms with E-state index < -0.39 is 0 Å². The first-order chi connectivity index (χ1) is 13.3. The van der Waals surface area contributed by atoms with Gasteiger partial charge in [0.2, 0.25) is 0 Å². The summed E-state index contributed by atoms with van der Waals surface area (Å²) in [5.74, 6) is 0.120. The van der Waals surface area contributed by atoms with Crippen LogP contribution >= 0.6 is 0 Å². The molecule has 2 aliphatic carbocycles. The highest BCUT2D eigenvalue weighted by atomic mass is 16.1. The zero-order valence-electron chi connectivity index (χ0n) is 15.7. The third kappa shape index (κ3) is 3.05. The number of rotatable bonds is 3. The van der Waals surface area contributed by atoms with Crippen LogP contribution < -0.4 is 10.2 Å². The number of fused-ring (bicyclic) bond motifs is 1. The first kappa shape index (κ1) is 16.6. The van der Waals surface area contributed by atoms with Crippen LogP contribution in [0.15, 0.2) is 54.6 Å². The van der Waals surface area contributed by atoms with Gasteiger partial charge < -0.3 is 10.2 Å². The molecule has 0 bridgehead atoms. The summed E-state index contributed by atoms with van der Waals surface area (Å²) in [6.45, 7) is 2.17. The molecule has 3 aliphatic rings. The summed E-state index contributed by atoms with van der Waals surface area (Å²) in [5.41, 5.74) is 4.94. The van der Waals surface area contributed by atoms with E-state index in [2.05, 4.69) is 58.8 Å². The van der Waals surface area contributed by atoms with Gasteiger partial charge in [0.25, 0.3) is 5.91 Å². The SMILES string of the molecule is O=C(NC1CC12CCN(c1ccccc1)CC2)c1cccc2c1CCC=C2. The Morgan fingerprint density at radius 2 is 1.85 bits per heavy atom. The lowest BCUT2D eigenvalue weighted by Crippen LogP contribution is -2.39. The lowest BCUT2D eigenvalue weighted by atomic mass is 9.91. The molecule has 3 heteroatoms. The maximum Gasteiger partial charge on any atom is 0.251 e. The van der Waals surface area contributed by atoms with E-state index in [9.17, 15) is 4.79 Å². The molecule has 138 valence electrons. The average molecular weight is 358 g/mol. The molecule has 1 aliphatic heterocycles. The van der Waals surface area contributed by atoms with Gasteiger partial charge in [0, 0.05) is 30.4 Å². The number of para-hydroxylation sites is 1. The fraction of sp³-hybridized carbons (Fsp3) is 0.375. The molecular formula is C24H26N2O. The molecule has 2 aromatic rings. The molecule has 1 saturated carbocycles. The summed E-state index contributed by atoms with van der Waals surface area (Å²) in [5, 5.41) is 3.35. The van der Waals surface area contributed by atoms with Crippen LogP contribution in [0, 0.1) is 5.41 Å². The number of benzene rings is 2. The summed E-state index contributed by atoms with van der Waals surface area (Å²) < 4.78 is 0. The largest absolute Gasteiger partial charge is 0.371 e. The molecule has 0 aromatic heterocycles. The van der Waals surface area contributed by atoms with E-state index in [1.54, 1.807) is 0 Å². The third-order valence-corrected chi connectivity index (χ3v) is 6.69. The second kappa shape index (κ2) is 6.56. The third-order valence-electron chi connectivity index (χ3n) is 6.69. The van der Waals surface area contributed by atoms with Crippen molar-refractivity contribution in [1.29, 1.82) is 0 Å². The fourth-order valence-corrected chi connectivity index (χ4v) is 4.88. The molecule has 1 saturated heterocycles. The normalized spacial score (nSPS) is 22.4. The molecule has 1 amide bonds. The minimum absolute atomic E-state index is 0.120. The van der Waals surface area contributed by atoms with Gasteiger partial charge in [-0.05, 0) is 66.8 Å². The summed E-state index contributed by atoms with van der Waals surface area (Å²) >= 11 is 0. The predicted octanol–water partition coefficient (Wildman–Crippen LogP) is 4.43. The number of nitrogens with one attached hydrogen (secondary N) is 1. The second-order valence-corrected chi connectivity index (χ2v) is 8.23. The molecule has 0 radical (unpaired) electrons. The average Bonchev–Trinajstić information content (AvgIpc) is 3.39. The Morgan fingerprint density at radius 1 is 1.04 bits per heavy atom. The van der Waals surface area contributed by atoms with Crippen LogP contribution in [0.1, 0.15) is 47.2 Å². The van der Waals surface area contributed by atoms with Gasteiger partial charge in [0.05, 0.1) is 0 Å². The van der Waals surface area contributed by atoms with Gasteiger partial charge in [-0.1, -0.05) is 42.5 Å². The topological polar surface area (TPSA) is 32.3 Å². The summed E-state index contributed by atoms with van der Waals surface area (Å²) in [6, 6.07) is 17.1. The van der Waals surface area contributed by atoms with Crippen molar-refractivity contribution >= 4 is 17.7 Å². The van der Waals surface area contributed by atoms with Crippen LogP contribution in [-0.2, 0) is 6.42 Å². The predicted molar refractivity (Wildman–Crippen MR) is 110 cm³/mol. The Bertz CT molecular complexity index is 879. The Labute approximate surface area is 161 Å². The molecule has 3 nitrogen and oxygen atoms in total. The smallest absolute Gasteiger partial charge is 0.251 e. The number of carbonyl (C=O) groups excluding carboxylic acids is 1. The van der Waals surface area contributed by atoms with Gasteiger partial charge in [-0.2, -0.15) is 0 Å². The van der Waals surface area contributed by atoms with Crippen LogP contribution in [0.5, 0.6) is 0 Å². The number of piperidine rings is 1. The van der Waals surface area contributed by atoms with Crippen molar-refractivity contribution in [2.24, 2.45) is 5.41 Å². The summed E-state index contributed by atoms with van der Waals surface area (Å²) in [4.78, 5) is 15.4. The van der Waals surface area contributed by atoms with Gasteiger partial charge >= 0.3 is 0 Å². The second-order valence-electron chi connectivity index (χ2n) is 8.23. The van der Waals surface area contributed by atoms with Crippen molar-refractivity contribution in [2.75, 3.05) is 18.0 Å². The lowest BCUT2D eigenvalue weighted by Gasteiger charge is -2.34. The molecular weight excluding hydrogens is 332 g/mol. The van der Waals surface area contributed by atoms with Gasteiger partial charge in [-0.15, -0.1) is 0 Å². The highest BCUT2D eigenvalue weighted by Crippen LogP contribution is 2.54. The van der Waals surface area contributed by atoms with Crippen molar-refractivity contribution in [3.63, 3.8) is 0 Å². The Kier molecular flexibility index (Phi) is 4.04. The van der Waals surface area contributed by atoms with E-state index in [-0.39, 0.29) is 5.91 Å². The van der Waals surface area contributed by atoms with Crippen molar-refractivity contribution in [1.82, 2.24) is 5.32 Å². The van der Waals surface area contributed by atoms with Gasteiger partial charge in [-0.25, -0.2) is 0 Å². The van der Waals surface area contributed by atoms with Gasteiger partial charge in [-0.3, -0.25) is 4.79 Å². The lowest BCUT2D eigenvalue weighted by molar-refractivity contribution is 0.0942. The number of carbonyl (C=O) groups is 1. The maximum absolute atomic E-state index is 12.9. The molecule has 2 aromatic carbocycles. The molecule has 1 spiro atoms. The zero-order valence-corrected chi connectivity index (χ0v) is 15.7. The first-order valence-electron chi connectivity index (χ1n) is 10.1. The Morgan fingerprint density at radius 3 is 2.67 bits per heavy atom. The highest BCUT2D eigenvalue weighted by Gasteiger charge is 2.55. The number of anilines is 1. The fourth-order valence-electron chi connectivity index (χ4n) is 4.88. The van der Waals surface area contributed by atoms with E-state index in [0.29, 0.717) is 11.5 Å². The Balaban J connectivity index is 1.23. The van der Waals surface area contributed by atoms with Crippen LogP contribution in [-0.4, -0.2) is 25.0 Å². The zero-order chi connectivity index (χ0) is 18.3. The number of hydrogen-bond donors (Lipinski definition) is 1. The maximum atomic E-state index is 12.9. The molecule has 5 rings (SSSR count). The van der Waals surface area contributed by atoms with Crippen molar-refractivity contribution < 1.29 is 4.79 Å². The minimum atomic E-state index is 0.120. The van der Waals surface area contributed by atoms with Crippen LogP contribution in [0.25, 0.3) is 6.08 Å². The number of hydrogen-bond acceptors (Lipinski definition) is 2. The van der Waals surface area contributed by atoms with Crippen molar-refractivity contribution in [2.45, 2.75) is 38.1 Å². The number of amides is 1. The molecule has 1 unspecified atom stereocenters. The van der Waals surface area contributed by atoms with Crippen molar-refractivity contribution in [3.05, 3.63) is 71.3 Å². The van der Waals surface area contributed by atoms with E-state index in [0.717, 1.165) is 37.9 Å². The summed E-state index contributed by atoms with van der Waals surface area (Å²) in [6.07, 6.45) is 9.81. The van der Waals surface area contributed by atoms with E-state index in [1.165, 1.54) is 29.7 Å². The number of allylic oxidation sites excluding steroid dienone is 1. The van der Waals surface area contributed by atoms with Crippen LogP contribution in [0.2, 0.25) is 0 Å². The molecule has 1 atom stereocenters. The van der Waals surface area contributed by atoms with Crippen LogP contribution in [0.3, 0.4) is 0 Å². The van der Waals surface area contributed by atoms with Gasteiger partial charge in [0.1, 0.15) is 0 Å². The molecule has 1 N–H and O–H groups in total. The standard InChI is InChI=1S/C24H26N2O/c27-23(21-12-6-8-18-7-4-5-11-20(18)21)25-22-17-24(22)13-15-26(16-14-24)19-9-2-1-3-10-19/h1-4,6-10,12,22H,5,11,13-17H2,(H,25,27). The summed E-state index contributed by atoms with van der Waals surface area (Å²) in [7, 11) is 0. The molecule has 1 heterocycles. The van der Waals surface area contributed by atoms with Crippen molar-refractivity contribution in [3.8, 4) is 0 Å². The minimum Gasteiger partial charge on any atom is -0.371 e. The van der Waals surface area contributed by atoms with E-state index in [1.807, 2.05) is 12.1 Å². The molecule has 2 fully saturated rings. The van der Waals surface area contributed by atoms with Gasteiger partial charge in [0.15, 0.2) is 0 Å². The Hall–Kier alpha value is -2.55. The van der Waals surface area contributed by atoms with E-state index >= 15 is 0 Å². The quantitative estimate of drug-likeness (QED) is 0.880. The number of nitrogens with zero attached hydrogens (tertiary/aromatic N) is 1. The van der Waals surface area contributed by atoms with Crippen LogP contribution in [0.4, 0.5) is 5.69 Å². The first-order valence-corrected chi connectivity index (χ1v) is 10.1. The molecule has 27 heavy (non-hydrogen) atoms. The monoisotopic (exact) mass is 358 g/mol. The van der Waals surface area contributed by atoms with E-state index in [4.69, 9.17) is 0 Å².